The van der Waals surface area contributed by atoms with E-state index in [9.17, 15) is 4.39 Å². The Kier molecular flexibility index (Phi) is 4.80. The van der Waals surface area contributed by atoms with E-state index in [0.29, 0.717) is 13.2 Å². The number of benzene rings is 2. The number of aryl methyl sites for hydroxylation is 1. The van der Waals surface area contributed by atoms with Crippen molar-refractivity contribution in [2.75, 3.05) is 18.5 Å². The number of anilines is 1. The van der Waals surface area contributed by atoms with Crippen molar-refractivity contribution >= 4 is 21.6 Å². The van der Waals surface area contributed by atoms with Crippen LogP contribution in [0, 0.1) is 12.7 Å². The summed E-state index contributed by atoms with van der Waals surface area (Å²) in [5.74, 6) is 0.624. The topological polar surface area (TPSA) is 21.3 Å². The maximum atomic E-state index is 13.0. The van der Waals surface area contributed by atoms with Crippen LogP contribution in [-0.2, 0) is 0 Å². The summed E-state index contributed by atoms with van der Waals surface area (Å²) in [4.78, 5) is 0. The van der Waals surface area contributed by atoms with Gasteiger partial charge in [0.25, 0.3) is 0 Å². The molecule has 0 amide bonds. The molecule has 0 aromatic heterocycles. The second-order valence-electron chi connectivity index (χ2n) is 4.20. The molecule has 0 atom stereocenters. The van der Waals surface area contributed by atoms with E-state index >= 15 is 0 Å². The van der Waals surface area contributed by atoms with E-state index in [4.69, 9.17) is 4.74 Å². The van der Waals surface area contributed by atoms with Crippen molar-refractivity contribution in [3.05, 3.63) is 58.3 Å². The molecule has 19 heavy (non-hydrogen) atoms. The first-order chi connectivity index (χ1) is 9.15. The molecular formula is C15H15BrFNO. The van der Waals surface area contributed by atoms with Crippen molar-refractivity contribution in [1.29, 1.82) is 0 Å². The first-order valence-electron chi connectivity index (χ1n) is 6.03. The minimum absolute atomic E-state index is 0.241. The lowest BCUT2D eigenvalue weighted by Crippen LogP contribution is -2.11. The third-order valence-corrected chi connectivity index (χ3v) is 3.14. The summed E-state index contributed by atoms with van der Waals surface area (Å²) in [6.45, 7) is 3.15. The van der Waals surface area contributed by atoms with Gasteiger partial charge in [-0.25, -0.2) is 4.39 Å². The summed E-state index contributed by atoms with van der Waals surface area (Å²) in [6, 6.07) is 12.3. The lowest BCUT2D eigenvalue weighted by Gasteiger charge is -2.10. The van der Waals surface area contributed by atoms with Gasteiger partial charge in [0.15, 0.2) is 0 Å². The van der Waals surface area contributed by atoms with E-state index in [-0.39, 0.29) is 5.82 Å². The van der Waals surface area contributed by atoms with Gasteiger partial charge in [0.2, 0.25) is 0 Å². The standard InChI is InChI=1S/C15H15BrFNO/c1-11-9-12(16)5-6-15(11)19-8-7-18-14-4-2-3-13(17)10-14/h2-6,9-10,18H,7-8H2,1H3. The molecule has 4 heteroatoms. The van der Waals surface area contributed by atoms with Gasteiger partial charge < -0.3 is 10.1 Å². The van der Waals surface area contributed by atoms with Crippen LogP contribution in [-0.4, -0.2) is 13.2 Å². The molecule has 2 nitrogen and oxygen atoms in total. The van der Waals surface area contributed by atoms with Crippen LogP contribution >= 0.6 is 15.9 Å². The van der Waals surface area contributed by atoms with Gasteiger partial charge in [-0.1, -0.05) is 22.0 Å². The minimum Gasteiger partial charge on any atom is -0.491 e. The molecule has 100 valence electrons. The van der Waals surface area contributed by atoms with Gasteiger partial charge in [-0.2, -0.15) is 0 Å². The van der Waals surface area contributed by atoms with Gasteiger partial charge in [0, 0.05) is 16.7 Å². The Balaban J connectivity index is 1.81. The Hall–Kier alpha value is -1.55. The number of ether oxygens (including phenoxy) is 1. The lowest BCUT2D eigenvalue weighted by atomic mass is 10.2. The molecule has 1 N–H and O–H groups in total. The Morgan fingerprint density at radius 1 is 1.21 bits per heavy atom. The first-order valence-corrected chi connectivity index (χ1v) is 6.83. The SMILES string of the molecule is Cc1cc(Br)ccc1OCCNc1cccc(F)c1. The number of hydrogen-bond donors (Lipinski definition) is 1. The highest BCUT2D eigenvalue weighted by molar-refractivity contribution is 9.10. The second-order valence-corrected chi connectivity index (χ2v) is 5.11. The second kappa shape index (κ2) is 6.57. The molecule has 2 rings (SSSR count). The molecule has 0 aliphatic rings. The fourth-order valence-electron chi connectivity index (χ4n) is 1.73. The van der Waals surface area contributed by atoms with Crippen molar-refractivity contribution in [3.63, 3.8) is 0 Å². The summed E-state index contributed by atoms with van der Waals surface area (Å²) in [6.07, 6.45) is 0. The Bertz CT molecular complexity index is 560. The summed E-state index contributed by atoms with van der Waals surface area (Å²) in [5, 5.41) is 3.11. The van der Waals surface area contributed by atoms with Gasteiger partial charge in [-0.15, -0.1) is 0 Å². The van der Waals surface area contributed by atoms with E-state index in [1.807, 2.05) is 31.2 Å². The highest BCUT2D eigenvalue weighted by Gasteiger charge is 2.00. The first kappa shape index (κ1) is 13.9. The fraction of sp³-hybridized carbons (Fsp3) is 0.200. The largest absolute Gasteiger partial charge is 0.491 e. The normalized spacial score (nSPS) is 10.3. The maximum Gasteiger partial charge on any atom is 0.125 e. The average molecular weight is 324 g/mol. The quantitative estimate of drug-likeness (QED) is 0.824. The zero-order valence-corrected chi connectivity index (χ0v) is 12.2. The van der Waals surface area contributed by atoms with Gasteiger partial charge in [0.1, 0.15) is 18.2 Å². The van der Waals surface area contributed by atoms with Gasteiger partial charge in [-0.05, 0) is 48.9 Å². The molecule has 0 spiro atoms. The smallest absolute Gasteiger partial charge is 0.125 e. The van der Waals surface area contributed by atoms with Crippen LogP contribution < -0.4 is 10.1 Å². The molecule has 2 aromatic carbocycles. The lowest BCUT2D eigenvalue weighted by molar-refractivity contribution is 0.330. The number of halogens is 2. The van der Waals surface area contributed by atoms with E-state index in [1.54, 1.807) is 6.07 Å². The zero-order chi connectivity index (χ0) is 13.7. The molecular weight excluding hydrogens is 309 g/mol. The molecule has 0 bridgehead atoms. The molecule has 0 aliphatic carbocycles. The highest BCUT2D eigenvalue weighted by Crippen LogP contribution is 2.22. The molecule has 0 heterocycles. The van der Waals surface area contributed by atoms with Crippen LogP contribution in [0.25, 0.3) is 0 Å². The van der Waals surface area contributed by atoms with Crippen LogP contribution in [0.15, 0.2) is 46.9 Å². The fourth-order valence-corrected chi connectivity index (χ4v) is 2.21. The average Bonchev–Trinajstić information content (AvgIpc) is 2.37. The van der Waals surface area contributed by atoms with Crippen molar-refractivity contribution in [3.8, 4) is 5.75 Å². The third kappa shape index (κ3) is 4.24. The molecule has 0 unspecified atom stereocenters. The van der Waals surface area contributed by atoms with Crippen molar-refractivity contribution in [2.45, 2.75) is 6.92 Å². The van der Waals surface area contributed by atoms with Crippen LogP contribution in [0.5, 0.6) is 5.75 Å². The number of nitrogens with one attached hydrogen (secondary N) is 1. The third-order valence-electron chi connectivity index (χ3n) is 2.65. The Morgan fingerprint density at radius 2 is 2.05 bits per heavy atom. The molecule has 0 saturated carbocycles. The summed E-state index contributed by atoms with van der Waals surface area (Å²) in [5.41, 5.74) is 1.84. The van der Waals surface area contributed by atoms with E-state index in [2.05, 4.69) is 21.2 Å². The van der Waals surface area contributed by atoms with Crippen LogP contribution in [0.1, 0.15) is 5.56 Å². The Morgan fingerprint density at radius 3 is 2.79 bits per heavy atom. The van der Waals surface area contributed by atoms with E-state index < -0.39 is 0 Å². The van der Waals surface area contributed by atoms with Crippen molar-refractivity contribution in [1.82, 2.24) is 0 Å². The summed E-state index contributed by atoms with van der Waals surface area (Å²) in [7, 11) is 0. The summed E-state index contributed by atoms with van der Waals surface area (Å²) >= 11 is 3.41. The maximum absolute atomic E-state index is 13.0. The van der Waals surface area contributed by atoms with E-state index in [0.717, 1.165) is 21.5 Å². The molecule has 0 fully saturated rings. The predicted octanol–water partition coefficient (Wildman–Crippen LogP) is 4.39. The minimum atomic E-state index is -0.241. The van der Waals surface area contributed by atoms with Gasteiger partial charge in [-0.3, -0.25) is 0 Å². The van der Waals surface area contributed by atoms with Crippen LogP contribution in [0.2, 0.25) is 0 Å². The summed E-state index contributed by atoms with van der Waals surface area (Å²) < 4.78 is 19.7. The number of hydrogen-bond acceptors (Lipinski definition) is 2. The van der Waals surface area contributed by atoms with Crippen LogP contribution in [0.3, 0.4) is 0 Å². The number of rotatable bonds is 5. The van der Waals surface area contributed by atoms with Crippen molar-refractivity contribution in [2.24, 2.45) is 0 Å². The molecule has 2 aromatic rings. The van der Waals surface area contributed by atoms with Gasteiger partial charge >= 0.3 is 0 Å². The molecule has 0 radical (unpaired) electrons. The monoisotopic (exact) mass is 323 g/mol. The van der Waals surface area contributed by atoms with Crippen molar-refractivity contribution < 1.29 is 9.13 Å². The van der Waals surface area contributed by atoms with Crippen LogP contribution in [0.4, 0.5) is 10.1 Å². The van der Waals surface area contributed by atoms with Gasteiger partial charge in [0.05, 0.1) is 0 Å². The predicted molar refractivity (Wildman–Crippen MR) is 79.3 cm³/mol. The molecule has 0 aliphatic heterocycles. The highest BCUT2D eigenvalue weighted by atomic mass is 79.9. The molecule has 0 saturated heterocycles. The zero-order valence-electron chi connectivity index (χ0n) is 10.6. The Labute approximate surface area is 120 Å². The van der Waals surface area contributed by atoms with E-state index in [1.165, 1.54) is 12.1 Å².